The van der Waals surface area contributed by atoms with Crippen LogP contribution in [0.2, 0.25) is 0 Å². The van der Waals surface area contributed by atoms with Gasteiger partial charge in [0.1, 0.15) is 11.4 Å². The fourth-order valence-corrected chi connectivity index (χ4v) is 1.08. The average Bonchev–Trinajstić information content (AvgIpc) is 2.30. The van der Waals surface area contributed by atoms with Crippen LogP contribution >= 0.6 is 0 Å². The third-order valence-corrected chi connectivity index (χ3v) is 1.76. The standard InChI is InChI=1S/C11H8N3O2/c12-11(15)9-4-1-5-10(14-9)16-8-3-2-6-13-7-8/h1-3,5-7H,(H2,12,15). The maximum atomic E-state index is 10.9. The Balaban J connectivity index is 2.22. The zero-order valence-corrected chi connectivity index (χ0v) is 8.25. The molecule has 0 atom stereocenters. The highest BCUT2D eigenvalue weighted by atomic mass is 16.5. The van der Waals surface area contributed by atoms with Crippen molar-refractivity contribution in [2.75, 3.05) is 0 Å². The second kappa shape index (κ2) is 4.39. The smallest absolute Gasteiger partial charge is 0.268 e. The molecule has 79 valence electrons. The molecule has 0 bridgehead atoms. The summed E-state index contributed by atoms with van der Waals surface area (Å²) in [6, 6.07) is 9.19. The van der Waals surface area contributed by atoms with Crippen molar-refractivity contribution in [3.05, 3.63) is 48.4 Å². The number of hydrogen-bond donors (Lipinski definition) is 1. The minimum Gasteiger partial charge on any atom is -0.437 e. The van der Waals surface area contributed by atoms with E-state index in [0.717, 1.165) is 0 Å². The van der Waals surface area contributed by atoms with Crippen LogP contribution in [0, 0.1) is 6.07 Å². The van der Waals surface area contributed by atoms with Crippen molar-refractivity contribution in [2.24, 2.45) is 5.73 Å². The number of nitrogens with two attached hydrogens (primary N) is 1. The molecule has 1 radical (unpaired) electrons. The summed E-state index contributed by atoms with van der Waals surface area (Å²) in [5.41, 5.74) is 5.12. The summed E-state index contributed by atoms with van der Waals surface area (Å²) < 4.78 is 5.37. The monoisotopic (exact) mass is 214 g/mol. The third kappa shape index (κ3) is 2.33. The van der Waals surface area contributed by atoms with E-state index in [4.69, 9.17) is 10.5 Å². The maximum Gasteiger partial charge on any atom is 0.268 e. The van der Waals surface area contributed by atoms with Crippen molar-refractivity contribution in [1.29, 1.82) is 0 Å². The molecule has 0 aliphatic rings. The number of aromatic nitrogens is 2. The highest BCUT2D eigenvalue weighted by molar-refractivity contribution is 5.90. The molecule has 0 fully saturated rings. The first kappa shape index (κ1) is 10.1. The van der Waals surface area contributed by atoms with Crippen LogP contribution in [0.4, 0.5) is 0 Å². The molecule has 0 unspecified atom stereocenters. The van der Waals surface area contributed by atoms with Gasteiger partial charge in [-0.3, -0.25) is 9.78 Å². The lowest BCUT2D eigenvalue weighted by Gasteiger charge is -2.03. The van der Waals surface area contributed by atoms with Gasteiger partial charge in [0.25, 0.3) is 5.91 Å². The van der Waals surface area contributed by atoms with Gasteiger partial charge in [-0.25, -0.2) is 4.98 Å². The SMILES string of the molecule is NC(=O)c1[c]ccc(Oc2cccnc2)n1. The molecule has 5 nitrogen and oxygen atoms in total. The lowest BCUT2D eigenvalue weighted by molar-refractivity contribution is 0.0994. The molecule has 2 rings (SSSR count). The van der Waals surface area contributed by atoms with Crippen LogP contribution in [0.3, 0.4) is 0 Å². The number of nitrogens with zero attached hydrogens (tertiary/aromatic N) is 2. The molecule has 0 saturated carbocycles. The van der Waals surface area contributed by atoms with E-state index in [1.807, 2.05) is 0 Å². The zero-order valence-electron chi connectivity index (χ0n) is 8.25. The van der Waals surface area contributed by atoms with Gasteiger partial charge < -0.3 is 10.5 Å². The van der Waals surface area contributed by atoms with Crippen molar-refractivity contribution in [2.45, 2.75) is 0 Å². The first-order valence-electron chi connectivity index (χ1n) is 4.52. The molecule has 0 aliphatic carbocycles. The topological polar surface area (TPSA) is 78.1 Å². The van der Waals surface area contributed by atoms with Gasteiger partial charge in [0.2, 0.25) is 5.88 Å². The van der Waals surface area contributed by atoms with Crippen molar-refractivity contribution >= 4 is 5.91 Å². The van der Waals surface area contributed by atoms with Crippen LogP contribution in [0.5, 0.6) is 11.6 Å². The minimum atomic E-state index is -0.642. The number of ether oxygens (including phenoxy) is 1. The number of hydrogen-bond acceptors (Lipinski definition) is 4. The van der Waals surface area contributed by atoms with E-state index in [-0.39, 0.29) is 11.6 Å². The van der Waals surface area contributed by atoms with Crippen LogP contribution < -0.4 is 10.5 Å². The molecule has 0 spiro atoms. The predicted molar refractivity (Wildman–Crippen MR) is 55.9 cm³/mol. The van der Waals surface area contributed by atoms with Gasteiger partial charge in [-0.15, -0.1) is 0 Å². The maximum absolute atomic E-state index is 10.9. The van der Waals surface area contributed by atoms with E-state index in [1.165, 1.54) is 6.07 Å². The second-order valence-electron chi connectivity index (χ2n) is 2.93. The van der Waals surface area contributed by atoms with Crippen LogP contribution in [-0.2, 0) is 0 Å². The summed E-state index contributed by atoms with van der Waals surface area (Å²) in [5.74, 6) is 0.175. The van der Waals surface area contributed by atoms with Crippen molar-refractivity contribution in [3.8, 4) is 11.6 Å². The quantitative estimate of drug-likeness (QED) is 0.831. The van der Waals surface area contributed by atoms with Crippen molar-refractivity contribution in [3.63, 3.8) is 0 Å². The largest absolute Gasteiger partial charge is 0.437 e. The first-order valence-corrected chi connectivity index (χ1v) is 4.52. The highest BCUT2D eigenvalue weighted by Gasteiger charge is 2.04. The number of primary amides is 1. The van der Waals surface area contributed by atoms with Gasteiger partial charge in [-0.05, 0) is 18.2 Å². The van der Waals surface area contributed by atoms with E-state index in [0.29, 0.717) is 5.75 Å². The van der Waals surface area contributed by atoms with Crippen LogP contribution in [0.15, 0.2) is 36.7 Å². The van der Waals surface area contributed by atoms with Crippen molar-refractivity contribution in [1.82, 2.24) is 9.97 Å². The summed E-state index contributed by atoms with van der Waals surface area (Å²) in [5, 5.41) is 0. The Labute approximate surface area is 91.9 Å². The average molecular weight is 214 g/mol. The molecule has 2 heterocycles. The van der Waals surface area contributed by atoms with Gasteiger partial charge in [0.05, 0.1) is 6.20 Å². The van der Waals surface area contributed by atoms with Crippen molar-refractivity contribution < 1.29 is 9.53 Å². The molecular weight excluding hydrogens is 206 g/mol. The second-order valence-corrected chi connectivity index (χ2v) is 2.93. The zero-order chi connectivity index (χ0) is 11.4. The number of carbonyl (C=O) groups excluding carboxylic acids is 1. The van der Waals surface area contributed by atoms with E-state index in [1.54, 1.807) is 30.6 Å². The van der Waals surface area contributed by atoms with Gasteiger partial charge in [-0.2, -0.15) is 0 Å². The number of rotatable bonds is 3. The van der Waals surface area contributed by atoms with Gasteiger partial charge in [0.15, 0.2) is 0 Å². The van der Waals surface area contributed by atoms with E-state index < -0.39 is 5.91 Å². The molecule has 2 aromatic rings. The fourth-order valence-electron chi connectivity index (χ4n) is 1.08. The van der Waals surface area contributed by atoms with E-state index in [2.05, 4.69) is 16.0 Å². The molecule has 2 aromatic heterocycles. The lowest BCUT2D eigenvalue weighted by Crippen LogP contribution is -2.13. The van der Waals surface area contributed by atoms with Gasteiger partial charge in [0, 0.05) is 18.3 Å². The Morgan fingerprint density at radius 3 is 3.00 bits per heavy atom. The highest BCUT2D eigenvalue weighted by Crippen LogP contribution is 2.17. The molecule has 2 N–H and O–H groups in total. The molecular formula is C11H8N3O2. The Bertz CT molecular complexity index is 500. The fraction of sp³-hybridized carbons (Fsp3) is 0. The number of pyridine rings is 2. The summed E-state index contributed by atoms with van der Waals surface area (Å²) >= 11 is 0. The minimum absolute atomic E-state index is 0.0430. The molecule has 0 aromatic carbocycles. The van der Waals surface area contributed by atoms with Crippen LogP contribution in [0.25, 0.3) is 0 Å². The Hall–Kier alpha value is -2.43. The number of carbonyl (C=O) groups is 1. The Kier molecular flexibility index (Phi) is 2.77. The van der Waals surface area contributed by atoms with E-state index >= 15 is 0 Å². The van der Waals surface area contributed by atoms with Crippen LogP contribution in [-0.4, -0.2) is 15.9 Å². The van der Waals surface area contributed by atoms with E-state index in [9.17, 15) is 4.79 Å². The normalized spacial score (nSPS) is 9.75. The first-order chi connectivity index (χ1) is 7.75. The predicted octanol–water partition coefficient (Wildman–Crippen LogP) is 1.17. The van der Waals surface area contributed by atoms with Gasteiger partial charge in [-0.1, -0.05) is 0 Å². The summed E-state index contributed by atoms with van der Waals surface area (Å²) in [6.45, 7) is 0. The summed E-state index contributed by atoms with van der Waals surface area (Å²) in [7, 11) is 0. The molecule has 0 aliphatic heterocycles. The Morgan fingerprint density at radius 1 is 1.44 bits per heavy atom. The molecule has 0 saturated heterocycles. The molecule has 16 heavy (non-hydrogen) atoms. The molecule has 1 amide bonds. The summed E-state index contributed by atoms with van der Waals surface area (Å²) in [6.07, 6.45) is 3.18. The van der Waals surface area contributed by atoms with Gasteiger partial charge >= 0.3 is 0 Å². The lowest BCUT2D eigenvalue weighted by atomic mass is 10.3. The molecule has 5 heteroatoms. The number of amides is 1. The Morgan fingerprint density at radius 2 is 2.31 bits per heavy atom. The third-order valence-electron chi connectivity index (χ3n) is 1.76. The van der Waals surface area contributed by atoms with Crippen LogP contribution in [0.1, 0.15) is 10.5 Å². The summed E-state index contributed by atoms with van der Waals surface area (Å²) in [4.78, 5) is 18.6.